The van der Waals surface area contributed by atoms with Gasteiger partial charge in [0.1, 0.15) is 0 Å². The van der Waals surface area contributed by atoms with E-state index in [1.807, 2.05) is 17.5 Å². The van der Waals surface area contributed by atoms with Gasteiger partial charge in [0.15, 0.2) is 11.5 Å². The van der Waals surface area contributed by atoms with Crippen molar-refractivity contribution in [3.8, 4) is 11.5 Å². The van der Waals surface area contributed by atoms with E-state index in [0.717, 1.165) is 17.7 Å². The average molecular weight is 362 g/mol. The average Bonchev–Trinajstić information content (AvgIpc) is 3.10. The number of hydrogen-bond donors (Lipinski definition) is 2. The number of carbonyl (C=O) groups is 1. The Bertz CT molecular complexity index is 657. The molecular formula is C19H26N2O3S. The summed E-state index contributed by atoms with van der Waals surface area (Å²) in [4.78, 5) is 13.1. The van der Waals surface area contributed by atoms with Gasteiger partial charge in [-0.15, -0.1) is 11.3 Å². The van der Waals surface area contributed by atoms with Crippen LogP contribution in [0.3, 0.4) is 0 Å². The first-order valence-electron chi connectivity index (χ1n) is 8.46. The van der Waals surface area contributed by atoms with Gasteiger partial charge >= 0.3 is 6.03 Å². The molecule has 1 aromatic carbocycles. The second kappa shape index (κ2) is 9.93. The largest absolute Gasteiger partial charge is 0.493 e. The fraction of sp³-hybridized carbons (Fsp3) is 0.421. The lowest BCUT2D eigenvalue weighted by molar-refractivity contribution is 0.252. The summed E-state index contributed by atoms with van der Waals surface area (Å²) >= 11 is 1.61. The predicted molar refractivity (Wildman–Crippen MR) is 103 cm³/mol. The first-order valence-corrected chi connectivity index (χ1v) is 9.34. The quantitative estimate of drug-likeness (QED) is 0.624. The van der Waals surface area contributed by atoms with Crippen LogP contribution in [-0.2, 0) is 6.54 Å². The highest BCUT2D eigenvalue weighted by atomic mass is 32.1. The van der Waals surface area contributed by atoms with Crippen LogP contribution in [-0.4, -0.2) is 19.7 Å². The molecule has 0 aliphatic rings. The molecule has 0 aliphatic carbocycles. The Morgan fingerprint density at radius 1 is 1.24 bits per heavy atom. The van der Waals surface area contributed by atoms with Gasteiger partial charge in [0.05, 0.1) is 20.3 Å². The smallest absolute Gasteiger partial charge is 0.319 e. The van der Waals surface area contributed by atoms with E-state index >= 15 is 0 Å². The van der Waals surface area contributed by atoms with Gasteiger partial charge in [-0.1, -0.05) is 19.9 Å². The number of ether oxygens (including phenoxy) is 2. The molecule has 6 heteroatoms. The van der Waals surface area contributed by atoms with Gasteiger partial charge in [0, 0.05) is 16.6 Å². The van der Waals surface area contributed by atoms with Crippen molar-refractivity contribution in [3.05, 3.63) is 40.6 Å². The minimum atomic E-state index is -0.246. The number of anilines is 1. The van der Waals surface area contributed by atoms with Gasteiger partial charge in [0.25, 0.3) is 0 Å². The molecule has 0 saturated heterocycles. The van der Waals surface area contributed by atoms with E-state index in [9.17, 15) is 4.79 Å². The van der Waals surface area contributed by atoms with E-state index < -0.39 is 0 Å². The van der Waals surface area contributed by atoms with Crippen LogP contribution in [0, 0.1) is 5.92 Å². The zero-order chi connectivity index (χ0) is 18.1. The van der Waals surface area contributed by atoms with Crippen LogP contribution in [0.5, 0.6) is 11.5 Å². The van der Waals surface area contributed by atoms with Crippen molar-refractivity contribution >= 4 is 23.1 Å². The number of hydrogen-bond acceptors (Lipinski definition) is 4. The minimum absolute atomic E-state index is 0.246. The number of carbonyl (C=O) groups excluding carboxylic acids is 1. The molecule has 1 heterocycles. The number of thiophene rings is 1. The maximum absolute atomic E-state index is 12.0. The summed E-state index contributed by atoms with van der Waals surface area (Å²) in [6.45, 7) is 5.53. The fourth-order valence-electron chi connectivity index (χ4n) is 2.30. The highest BCUT2D eigenvalue weighted by molar-refractivity contribution is 7.09. The van der Waals surface area contributed by atoms with E-state index in [1.54, 1.807) is 36.6 Å². The molecule has 2 N–H and O–H groups in total. The zero-order valence-electron chi connectivity index (χ0n) is 15.0. The lowest BCUT2D eigenvalue weighted by atomic mass is 10.1. The molecule has 0 bridgehead atoms. The second-order valence-electron chi connectivity index (χ2n) is 6.14. The fourth-order valence-corrected chi connectivity index (χ4v) is 2.94. The molecule has 0 atom stereocenters. The van der Waals surface area contributed by atoms with Crippen LogP contribution in [0.4, 0.5) is 10.5 Å². The highest BCUT2D eigenvalue weighted by Gasteiger charge is 2.09. The third-order valence-electron chi connectivity index (χ3n) is 3.61. The van der Waals surface area contributed by atoms with Crippen molar-refractivity contribution < 1.29 is 14.3 Å². The van der Waals surface area contributed by atoms with Crippen LogP contribution in [0.25, 0.3) is 0 Å². The summed E-state index contributed by atoms with van der Waals surface area (Å²) in [5, 5.41) is 7.65. The highest BCUT2D eigenvalue weighted by Crippen LogP contribution is 2.30. The maximum atomic E-state index is 12.0. The zero-order valence-corrected chi connectivity index (χ0v) is 15.8. The molecule has 0 saturated carbocycles. The summed E-state index contributed by atoms with van der Waals surface area (Å²) in [5.74, 6) is 1.96. The Balaban J connectivity index is 1.89. The monoisotopic (exact) mass is 362 g/mol. The predicted octanol–water partition coefficient (Wildman–Crippen LogP) is 4.89. The van der Waals surface area contributed by atoms with Gasteiger partial charge in [-0.25, -0.2) is 4.79 Å². The van der Waals surface area contributed by atoms with Crippen molar-refractivity contribution in [3.63, 3.8) is 0 Å². The van der Waals surface area contributed by atoms with Crippen molar-refractivity contribution in [2.45, 2.75) is 33.2 Å². The summed E-state index contributed by atoms with van der Waals surface area (Å²) in [5.41, 5.74) is 0.670. The summed E-state index contributed by atoms with van der Waals surface area (Å²) in [6.07, 6.45) is 2.10. The van der Waals surface area contributed by atoms with Gasteiger partial charge in [-0.2, -0.15) is 0 Å². The minimum Gasteiger partial charge on any atom is -0.493 e. The summed E-state index contributed by atoms with van der Waals surface area (Å²) < 4.78 is 11.2. The van der Waals surface area contributed by atoms with Crippen molar-refractivity contribution in [2.75, 3.05) is 19.0 Å². The van der Waals surface area contributed by atoms with Crippen molar-refractivity contribution in [2.24, 2.45) is 5.92 Å². The molecule has 25 heavy (non-hydrogen) atoms. The Hall–Kier alpha value is -2.21. The number of nitrogens with one attached hydrogen (secondary N) is 2. The van der Waals surface area contributed by atoms with Crippen LogP contribution >= 0.6 is 11.3 Å². The van der Waals surface area contributed by atoms with Gasteiger partial charge in [0.2, 0.25) is 0 Å². The summed E-state index contributed by atoms with van der Waals surface area (Å²) in [7, 11) is 1.61. The molecule has 0 aliphatic heterocycles. The standard InChI is InChI=1S/C19H26N2O3S/c1-14(2)6-4-10-24-18-12-15(8-9-17(18)23-3)21-19(22)20-13-16-7-5-11-25-16/h5,7-9,11-12,14H,4,6,10,13H2,1-3H3,(H2,20,21,22). The molecule has 136 valence electrons. The second-order valence-corrected chi connectivity index (χ2v) is 7.17. The molecular weight excluding hydrogens is 336 g/mol. The third-order valence-corrected chi connectivity index (χ3v) is 4.48. The normalized spacial score (nSPS) is 10.6. The number of benzene rings is 1. The van der Waals surface area contributed by atoms with E-state index in [4.69, 9.17) is 9.47 Å². The first kappa shape index (κ1) is 19.1. The Kier molecular flexibility index (Phi) is 7.60. The number of urea groups is 1. The molecule has 0 unspecified atom stereocenters. The van der Waals surface area contributed by atoms with E-state index in [0.29, 0.717) is 36.3 Å². The topological polar surface area (TPSA) is 59.6 Å². The third kappa shape index (κ3) is 6.66. The molecule has 2 rings (SSSR count). The number of methoxy groups -OCH3 is 1. The summed E-state index contributed by atoms with van der Waals surface area (Å²) in [6, 6.07) is 9.09. The van der Waals surface area contributed by atoms with E-state index in [-0.39, 0.29) is 6.03 Å². The van der Waals surface area contributed by atoms with E-state index in [2.05, 4.69) is 24.5 Å². The molecule has 0 fully saturated rings. The van der Waals surface area contributed by atoms with Crippen molar-refractivity contribution in [1.29, 1.82) is 0 Å². The van der Waals surface area contributed by atoms with Crippen LogP contribution in [0.1, 0.15) is 31.6 Å². The molecule has 0 radical (unpaired) electrons. The van der Waals surface area contributed by atoms with Crippen LogP contribution in [0.15, 0.2) is 35.7 Å². The Morgan fingerprint density at radius 2 is 2.08 bits per heavy atom. The molecule has 2 amide bonds. The van der Waals surface area contributed by atoms with Gasteiger partial charge < -0.3 is 20.1 Å². The SMILES string of the molecule is COc1ccc(NC(=O)NCc2cccs2)cc1OCCCC(C)C. The molecule has 2 aromatic rings. The molecule has 1 aromatic heterocycles. The van der Waals surface area contributed by atoms with Crippen LogP contribution in [0.2, 0.25) is 0 Å². The van der Waals surface area contributed by atoms with Gasteiger partial charge in [-0.3, -0.25) is 0 Å². The first-order chi connectivity index (χ1) is 12.1. The Labute approximate surface area is 153 Å². The molecule has 5 nitrogen and oxygen atoms in total. The molecule has 0 spiro atoms. The lowest BCUT2D eigenvalue weighted by Crippen LogP contribution is -2.27. The van der Waals surface area contributed by atoms with Crippen molar-refractivity contribution in [1.82, 2.24) is 5.32 Å². The number of rotatable bonds is 9. The Morgan fingerprint density at radius 3 is 2.76 bits per heavy atom. The van der Waals surface area contributed by atoms with Crippen LogP contribution < -0.4 is 20.1 Å². The van der Waals surface area contributed by atoms with E-state index in [1.165, 1.54) is 0 Å². The van der Waals surface area contributed by atoms with Gasteiger partial charge in [-0.05, 0) is 42.3 Å². The maximum Gasteiger partial charge on any atom is 0.319 e. The number of amides is 2. The lowest BCUT2D eigenvalue weighted by Gasteiger charge is -2.13.